The number of hydrogen-bond donors (Lipinski definition) is 2. The van der Waals surface area contributed by atoms with Crippen molar-refractivity contribution in [2.75, 3.05) is 13.1 Å². The van der Waals surface area contributed by atoms with E-state index < -0.39 is 11.6 Å². The third-order valence-corrected chi connectivity index (χ3v) is 6.69. The van der Waals surface area contributed by atoms with E-state index in [1.807, 2.05) is 24.3 Å². The molecular formula is C22H32N2O2. The minimum atomic E-state index is -0.954. The maximum atomic E-state index is 12.1. The molecule has 0 spiro atoms. The Morgan fingerprint density at radius 3 is 2.42 bits per heavy atom. The number of carboxylic acid groups (broad SMARTS) is 1. The van der Waals surface area contributed by atoms with Crippen LogP contribution in [0, 0.1) is 11.3 Å². The molecule has 1 saturated carbocycles. The van der Waals surface area contributed by atoms with Crippen molar-refractivity contribution in [2.45, 2.75) is 57.5 Å². The van der Waals surface area contributed by atoms with E-state index in [-0.39, 0.29) is 11.0 Å². The van der Waals surface area contributed by atoms with Crippen molar-refractivity contribution in [3.8, 4) is 0 Å². The van der Waals surface area contributed by atoms with Crippen molar-refractivity contribution in [1.82, 2.24) is 10.2 Å². The normalized spacial score (nSPS) is 28.3. The van der Waals surface area contributed by atoms with Gasteiger partial charge in [0, 0.05) is 18.6 Å². The Balaban J connectivity index is 2.27. The van der Waals surface area contributed by atoms with E-state index >= 15 is 0 Å². The minimum absolute atomic E-state index is 0.242. The molecule has 1 aliphatic carbocycles. The van der Waals surface area contributed by atoms with Crippen LogP contribution in [0.4, 0.5) is 4.79 Å². The highest BCUT2D eigenvalue weighted by molar-refractivity contribution is 5.67. The number of carbonyl (C=O) groups is 1. The van der Waals surface area contributed by atoms with Crippen LogP contribution in [0.1, 0.15) is 52.0 Å². The lowest BCUT2D eigenvalue weighted by Crippen LogP contribution is -2.76. The molecule has 1 unspecified atom stereocenters. The van der Waals surface area contributed by atoms with Crippen molar-refractivity contribution >= 4 is 6.09 Å². The van der Waals surface area contributed by atoms with E-state index in [1.54, 1.807) is 0 Å². The first-order valence-corrected chi connectivity index (χ1v) is 9.69. The van der Waals surface area contributed by atoms with Crippen molar-refractivity contribution < 1.29 is 9.90 Å². The van der Waals surface area contributed by atoms with Gasteiger partial charge >= 0.3 is 6.09 Å². The fourth-order valence-corrected chi connectivity index (χ4v) is 5.78. The summed E-state index contributed by atoms with van der Waals surface area (Å²) in [6, 6.07) is 10.2. The number of nitrogens with one attached hydrogen (secondary N) is 1. The monoisotopic (exact) mass is 356 g/mol. The molecule has 4 nitrogen and oxygen atoms in total. The number of piperidine rings is 2. The average molecular weight is 357 g/mol. The number of nitrogens with zero attached hydrogens (tertiary/aromatic N) is 1. The summed E-state index contributed by atoms with van der Waals surface area (Å²) >= 11 is 0. The third-order valence-electron chi connectivity index (χ3n) is 6.69. The molecule has 0 radical (unpaired) electrons. The van der Waals surface area contributed by atoms with Crippen LogP contribution in [0.2, 0.25) is 0 Å². The van der Waals surface area contributed by atoms with E-state index in [0.29, 0.717) is 0 Å². The van der Waals surface area contributed by atoms with Crippen LogP contribution >= 0.6 is 0 Å². The highest BCUT2D eigenvalue weighted by atomic mass is 16.4. The van der Waals surface area contributed by atoms with Crippen LogP contribution in [0.5, 0.6) is 0 Å². The molecule has 0 aromatic heterocycles. The molecule has 142 valence electrons. The predicted molar refractivity (Wildman–Crippen MR) is 105 cm³/mol. The zero-order valence-electron chi connectivity index (χ0n) is 16.3. The summed E-state index contributed by atoms with van der Waals surface area (Å²) in [5.74, 6) is 0.718. The van der Waals surface area contributed by atoms with Crippen LogP contribution in [0.25, 0.3) is 0 Å². The maximum absolute atomic E-state index is 12.1. The molecular weight excluding hydrogens is 324 g/mol. The fourth-order valence-electron chi connectivity index (χ4n) is 5.78. The van der Waals surface area contributed by atoms with Gasteiger partial charge in [-0.1, -0.05) is 57.2 Å². The SMILES string of the molecule is C=CCN1CC2CCC1(C(NC(=O)O)(c1ccccc1)C(C)(C)C)CC2. The lowest BCUT2D eigenvalue weighted by atomic mass is 9.51. The number of fused-ring (bicyclic) bond motifs is 3. The van der Waals surface area contributed by atoms with Gasteiger partial charge in [0.15, 0.2) is 0 Å². The van der Waals surface area contributed by atoms with Gasteiger partial charge in [-0.2, -0.15) is 0 Å². The van der Waals surface area contributed by atoms with Crippen molar-refractivity contribution in [3.63, 3.8) is 0 Å². The van der Waals surface area contributed by atoms with Gasteiger partial charge in [0.05, 0.1) is 5.54 Å². The zero-order valence-corrected chi connectivity index (χ0v) is 16.3. The van der Waals surface area contributed by atoms with E-state index in [4.69, 9.17) is 0 Å². The van der Waals surface area contributed by atoms with E-state index in [2.05, 4.69) is 49.7 Å². The summed E-state index contributed by atoms with van der Waals surface area (Å²) in [5.41, 5.74) is -0.171. The number of amides is 1. The standard InChI is InChI=1S/C22H32N2O2/c1-5-15-24-16-17-11-13-21(24,14-12-17)22(20(2,3)4,23-19(25)26)18-9-7-6-8-10-18/h5-10,17,23H,1,11-16H2,2-4H3,(H,25,26). The van der Waals surface area contributed by atoms with Gasteiger partial charge in [0.1, 0.15) is 0 Å². The highest BCUT2D eigenvalue weighted by Gasteiger charge is 2.64. The molecule has 3 aliphatic rings. The Labute approximate surface area is 157 Å². The van der Waals surface area contributed by atoms with E-state index in [0.717, 1.165) is 37.4 Å². The highest BCUT2D eigenvalue weighted by Crippen LogP contribution is 2.58. The van der Waals surface area contributed by atoms with Gasteiger partial charge in [0.2, 0.25) is 0 Å². The number of benzene rings is 1. The van der Waals surface area contributed by atoms with Gasteiger partial charge in [-0.25, -0.2) is 4.79 Å². The first-order valence-electron chi connectivity index (χ1n) is 9.69. The smallest absolute Gasteiger partial charge is 0.405 e. The first-order chi connectivity index (χ1) is 12.3. The van der Waals surface area contributed by atoms with Crippen LogP contribution < -0.4 is 5.32 Å². The van der Waals surface area contributed by atoms with Gasteiger partial charge < -0.3 is 10.4 Å². The van der Waals surface area contributed by atoms with E-state index in [1.165, 1.54) is 12.8 Å². The molecule has 2 N–H and O–H groups in total. The van der Waals surface area contributed by atoms with Gasteiger partial charge in [-0.05, 0) is 42.6 Å². The second kappa shape index (κ2) is 6.73. The first kappa shape index (κ1) is 19.0. The van der Waals surface area contributed by atoms with Crippen LogP contribution in [0.3, 0.4) is 0 Å². The molecule has 1 aromatic carbocycles. The van der Waals surface area contributed by atoms with Crippen LogP contribution in [-0.2, 0) is 5.54 Å². The molecule has 2 bridgehead atoms. The predicted octanol–water partition coefficient (Wildman–Crippen LogP) is 4.63. The number of hydrogen-bond acceptors (Lipinski definition) is 2. The second-order valence-electron chi connectivity index (χ2n) is 8.96. The molecule has 3 fully saturated rings. The minimum Gasteiger partial charge on any atom is -0.465 e. The second-order valence-corrected chi connectivity index (χ2v) is 8.96. The average Bonchev–Trinajstić information content (AvgIpc) is 2.60. The Kier molecular flexibility index (Phi) is 4.91. The third kappa shape index (κ3) is 2.75. The molecule has 2 aliphatic heterocycles. The molecule has 26 heavy (non-hydrogen) atoms. The van der Waals surface area contributed by atoms with Gasteiger partial charge in [-0.3, -0.25) is 4.90 Å². The largest absolute Gasteiger partial charge is 0.465 e. The van der Waals surface area contributed by atoms with Crippen LogP contribution in [-0.4, -0.2) is 34.7 Å². The summed E-state index contributed by atoms with van der Waals surface area (Å²) in [7, 11) is 0. The summed E-state index contributed by atoms with van der Waals surface area (Å²) in [6.45, 7) is 12.3. The number of rotatable bonds is 5. The molecule has 1 atom stereocenters. The summed E-state index contributed by atoms with van der Waals surface area (Å²) in [4.78, 5) is 14.6. The lowest BCUT2D eigenvalue weighted by Gasteiger charge is -2.66. The topological polar surface area (TPSA) is 52.6 Å². The lowest BCUT2D eigenvalue weighted by molar-refractivity contribution is -0.125. The van der Waals surface area contributed by atoms with Crippen molar-refractivity contribution in [3.05, 3.63) is 48.6 Å². The Morgan fingerprint density at radius 1 is 1.31 bits per heavy atom. The quantitative estimate of drug-likeness (QED) is 0.757. The Bertz CT molecular complexity index is 656. The van der Waals surface area contributed by atoms with Crippen molar-refractivity contribution in [1.29, 1.82) is 0 Å². The molecule has 2 saturated heterocycles. The van der Waals surface area contributed by atoms with Crippen molar-refractivity contribution in [2.24, 2.45) is 11.3 Å². The molecule has 1 amide bonds. The fraction of sp³-hybridized carbons (Fsp3) is 0.591. The zero-order chi connectivity index (χ0) is 19.0. The van der Waals surface area contributed by atoms with Gasteiger partial charge in [0.25, 0.3) is 0 Å². The Hall–Kier alpha value is -1.81. The molecule has 2 heterocycles. The maximum Gasteiger partial charge on any atom is 0.405 e. The summed E-state index contributed by atoms with van der Waals surface area (Å²) in [6.07, 6.45) is 5.36. The van der Waals surface area contributed by atoms with E-state index in [9.17, 15) is 9.90 Å². The molecule has 1 aromatic rings. The molecule has 4 rings (SSSR count). The summed E-state index contributed by atoms with van der Waals surface area (Å²) in [5, 5.41) is 13.0. The van der Waals surface area contributed by atoms with Crippen LogP contribution in [0.15, 0.2) is 43.0 Å². The molecule has 4 heteroatoms. The van der Waals surface area contributed by atoms with Gasteiger partial charge in [-0.15, -0.1) is 6.58 Å². The Morgan fingerprint density at radius 2 is 1.92 bits per heavy atom. The summed E-state index contributed by atoms with van der Waals surface area (Å²) < 4.78 is 0.